The summed E-state index contributed by atoms with van der Waals surface area (Å²) in [6.45, 7) is 0. The normalized spacial score (nSPS) is 11.2. The minimum atomic E-state index is 0.395. The van der Waals surface area contributed by atoms with Gasteiger partial charge < -0.3 is 5.73 Å². The lowest BCUT2D eigenvalue weighted by Crippen LogP contribution is -2.05. The topological polar surface area (TPSA) is 82.0 Å². The van der Waals surface area contributed by atoms with E-state index in [1.165, 1.54) is 11.3 Å². The van der Waals surface area contributed by atoms with E-state index in [0.29, 0.717) is 27.2 Å². The monoisotopic (exact) mass is 482 g/mol. The highest BCUT2D eigenvalue weighted by Crippen LogP contribution is 2.32. The van der Waals surface area contributed by atoms with Gasteiger partial charge in [0.15, 0.2) is 17.2 Å². The molecule has 0 bridgehead atoms. The van der Waals surface area contributed by atoms with Crippen molar-refractivity contribution in [1.29, 1.82) is 0 Å². The highest BCUT2D eigenvalue weighted by atomic mass is 79.9. The number of nitrogen functional groups attached to an aromatic ring is 1. The van der Waals surface area contributed by atoms with Crippen LogP contribution in [0.25, 0.3) is 38.7 Å². The molecule has 0 aliphatic heterocycles. The van der Waals surface area contributed by atoms with Gasteiger partial charge in [-0.3, -0.25) is 0 Å². The van der Waals surface area contributed by atoms with E-state index in [9.17, 15) is 0 Å². The number of rotatable bonds is 3. The summed E-state index contributed by atoms with van der Waals surface area (Å²) in [6, 6.07) is 15.5. The molecular formula is C20H12BrClN6S. The second kappa shape index (κ2) is 7.22. The number of aromatic nitrogens is 5. The molecule has 5 aromatic rings. The predicted octanol–water partition coefficient (Wildman–Crippen LogP) is 5.58. The lowest BCUT2D eigenvalue weighted by atomic mass is 10.1. The van der Waals surface area contributed by atoms with Gasteiger partial charge in [0.1, 0.15) is 5.01 Å². The van der Waals surface area contributed by atoms with E-state index in [0.717, 1.165) is 26.9 Å². The Morgan fingerprint density at radius 1 is 0.966 bits per heavy atom. The Hall–Kier alpha value is -2.81. The molecule has 142 valence electrons. The molecule has 3 heterocycles. The van der Waals surface area contributed by atoms with Crippen LogP contribution in [-0.4, -0.2) is 24.8 Å². The number of hydrogen-bond donors (Lipinski definition) is 1. The van der Waals surface area contributed by atoms with Crippen LogP contribution in [0.4, 0.5) is 5.82 Å². The Kier molecular flexibility index (Phi) is 4.54. The maximum Gasteiger partial charge on any atom is 0.187 e. The number of thiazole rings is 1. The van der Waals surface area contributed by atoms with Crippen LogP contribution in [0.3, 0.4) is 0 Å². The number of nitrogens with two attached hydrogens (primary N) is 1. The Balaban J connectivity index is 1.56. The van der Waals surface area contributed by atoms with Crippen LogP contribution < -0.4 is 5.73 Å². The molecule has 0 saturated carbocycles. The summed E-state index contributed by atoms with van der Waals surface area (Å²) < 4.78 is 2.61. The van der Waals surface area contributed by atoms with Crippen LogP contribution in [0, 0.1) is 0 Å². The van der Waals surface area contributed by atoms with E-state index < -0.39 is 0 Å². The smallest absolute Gasteiger partial charge is 0.187 e. The maximum absolute atomic E-state index is 6.37. The molecule has 0 aliphatic carbocycles. The Bertz CT molecular complexity index is 1330. The van der Waals surface area contributed by atoms with Crippen LogP contribution in [0.2, 0.25) is 5.02 Å². The zero-order valence-corrected chi connectivity index (χ0v) is 17.9. The SMILES string of the molecule is Nc1c(-c2nc(-c3ccc(Br)cc3)cs2)nnc2c(-c3ccc(Cl)cc3)cnn12. The number of anilines is 1. The number of nitrogens with zero attached hydrogens (tertiary/aromatic N) is 5. The van der Waals surface area contributed by atoms with Crippen molar-refractivity contribution in [3.05, 3.63) is 69.6 Å². The second-order valence-electron chi connectivity index (χ2n) is 6.28. The summed E-state index contributed by atoms with van der Waals surface area (Å²) in [5.41, 5.74) is 11.1. The summed E-state index contributed by atoms with van der Waals surface area (Å²) in [4.78, 5) is 4.69. The molecule has 6 nitrogen and oxygen atoms in total. The van der Waals surface area contributed by atoms with Crippen LogP contribution in [0.1, 0.15) is 0 Å². The van der Waals surface area contributed by atoms with Crippen LogP contribution >= 0.6 is 38.9 Å². The standard InChI is InChI=1S/C20H12BrClN6S/c21-13-5-1-12(2-6-13)16-10-29-20(25-16)17-18(23)28-19(27-26-17)15(9-24-28)11-3-7-14(22)8-4-11/h1-10H,23H2. The number of halogens is 2. The molecule has 0 saturated heterocycles. The third-order valence-electron chi connectivity index (χ3n) is 4.46. The average molecular weight is 484 g/mol. The van der Waals surface area contributed by atoms with Crippen LogP contribution in [-0.2, 0) is 0 Å². The summed E-state index contributed by atoms with van der Waals surface area (Å²) in [5, 5.41) is 16.5. The highest BCUT2D eigenvalue weighted by Gasteiger charge is 2.18. The van der Waals surface area contributed by atoms with Gasteiger partial charge in [-0.15, -0.1) is 21.5 Å². The van der Waals surface area contributed by atoms with Gasteiger partial charge in [-0.1, -0.05) is 51.8 Å². The Morgan fingerprint density at radius 2 is 1.69 bits per heavy atom. The minimum Gasteiger partial charge on any atom is -0.382 e. The first-order valence-corrected chi connectivity index (χ1v) is 10.6. The van der Waals surface area contributed by atoms with Crippen molar-refractivity contribution in [1.82, 2.24) is 24.8 Å². The highest BCUT2D eigenvalue weighted by molar-refractivity contribution is 9.10. The van der Waals surface area contributed by atoms with E-state index in [1.54, 1.807) is 10.7 Å². The molecule has 5 rings (SSSR count). The van der Waals surface area contributed by atoms with E-state index in [-0.39, 0.29) is 0 Å². The van der Waals surface area contributed by atoms with Gasteiger partial charge in [0.05, 0.1) is 11.9 Å². The predicted molar refractivity (Wildman–Crippen MR) is 120 cm³/mol. The summed E-state index contributed by atoms with van der Waals surface area (Å²) >= 11 is 10.9. The molecule has 0 fully saturated rings. The first-order valence-electron chi connectivity index (χ1n) is 8.58. The van der Waals surface area contributed by atoms with Gasteiger partial charge in [-0.05, 0) is 29.8 Å². The van der Waals surface area contributed by atoms with Crippen molar-refractivity contribution < 1.29 is 0 Å². The largest absolute Gasteiger partial charge is 0.382 e. The zero-order valence-electron chi connectivity index (χ0n) is 14.8. The van der Waals surface area contributed by atoms with Gasteiger partial charge in [0.25, 0.3) is 0 Å². The van der Waals surface area contributed by atoms with Crippen molar-refractivity contribution >= 4 is 50.3 Å². The van der Waals surface area contributed by atoms with E-state index in [2.05, 4.69) is 36.2 Å². The van der Waals surface area contributed by atoms with Crippen molar-refractivity contribution in [2.45, 2.75) is 0 Å². The quantitative estimate of drug-likeness (QED) is 0.362. The molecule has 0 amide bonds. The van der Waals surface area contributed by atoms with Crippen molar-refractivity contribution in [3.8, 4) is 33.1 Å². The van der Waals surface area contributed by atoms with E-state index in [4.69, 9.17) is 17.3 Å². The first kappa shape index (κ1) is 18.2. The molecule has 2 aromatic carbocycles. The molecule has 0 unspecified atom stereocenters. The maximum atomic E-state index is 6.37. The molecule has 0 aliphatic rings. The van der Waals surface area contributed by atoms with Crippen molar-refractivity contribution in [2.24, 2.45) is 0 Å². The number of fused-ring (bicyclic) bond motifs is 1. The molecular weight excluding hydrogens is 472 g/mol. The van der Waals surface area contributed by atoms with Crippen LogP contribution in [0.15, 0.2) is 64.6 Å². The van der Waals surface area contributed by atoms with Crippen molar-refractivity contribution in [2.75, 3.05) is 5.73 Å². The fourth-order valence-corrected chi connectivity index (χ4v) is 4.20. The number of benzene rings is 2. The summed E-state index contributed by atoms with van der Waals surface area (Å²) in [5.74, 6) is 0.395. The Morgan fingerprint density at radius 3 is 2.45 bits per heavy atom. The first-order chi connectivity index (χ1) is 14.1. The van der Waals surface area contributed by atoms with Crippen LogP contribution in [0.5, 0.6) is 0 Å². The van der Waals surface area contributed by atoms with Gasteiger partial charge >= 0.3 is 0 Å². The van der Waals surface area contributed by atoms with Crippen molar-refractivity contribution in [3.63, 3.8) is 0 Å². The van der Waals surface area contributed by atoms with Gasteiger partial charge in [-0.25, -0.2) is 4.98 Å². The van der Waals surface area contributed by atoms with Gasteiger partial charge in [0.2, 0.25) is 0 Å². The summed E-state index contributed by atoms with van der Waals surface area (Å²) in [7, 11) is 0. The zero-order chi connectivity index (χ0) is 20.0. The van der Waals surface area contributed by atoms with E-state index >= 15 is 0 Å². The molecule has 29 heavy (non-hydrogen) atoms. The molecule has 0 spiro atoms. The van der Waals surface area contributed by atoms with Gasteiger partial charge in [0, 0.05) is 26.0 Å². The molecule has 2 N–H and O–H groups in total. The minimum absolute atomic E-state index is 0.395. The lowest BCUT2D eigenvalue weighted by molar-refractivity contribution is 0.906. The number of hydrogen-bond acceptors (Lipinski definition) is 6. The van der Waals surface area contributed by atoms with E-state index in [1.807, 2.05) is 53.9 Å². The average Bonchev–Trinajstić information content (AvgIpc) is 3.37. The third-order valence-corrected chi connectivity index (χ3v) is 6.09. The molecule has 0 radical (unpaired) electrons. The third kappa shape index (κ3) is 3.29. The van der Waals surface area contributed by atoms with Gasteiger partial charge in [-0.2, -0.15) is 9.61 Å². The molecule has 3 aromatic heterocycles. The Labute approximate surface area is 183 Å². The fraction of sp³-hybridized carbons (Fsp3) is 0. The fourth-order valence-electron chi connectivity index (χ4n) is 2.98. The molecule has 9 heteroatoms. The second-order valence-corrected chi connectivity index (χ2v) is 8.49. The molecule has 0 atom stereocenters. The lowest BCUT2D eigenvalue weighted by Gasteiger charge is -2.04. The summed E-state index contributed by atoms with van der Waals surface area (Å²) in [6.07, 6.45) is 1.72.